The fourth-order valence-corrected chi connectivity index (χ4v) is 1.73. The molecule has 18 heavy (non-hydrogen) atoms. The average molecular weight is 255 g/mol. The van der Waals surface area contributed by atoms with E-state index < -0.39 is 12.1 Å². The molecular weight excluding hydrogens is 237 g/mol. The first-order valence-corrected chi connectivity index (χ1v) is 5.84. The second kappa shape index (κ2) is 7.08. The van der Waals surface area contributed by atoms with Crippen molar-refractivity contribution in [3.05, 3.63) is 35.6 Å². The summed E-state index contributed by atoms with van der Waals surface area (Å²) >= 11 is 0. The summed E-state index contributed by atoms with van der Waals surface area (Å²) in [5.74, 6) is -1.22. The number of carboxylic acid groups (broad SMARTS) is 1. The summed E-state index contributed by atoms with van der Waals surface area (Å²) in [6.07, 6.45) is -0.605. The number of carbonyl (C=O) groups is 1. The van der Waals surface area contributed by atoms with E-state index >= 15 is 0 Å². The van der Waals surface area contributed by atoms with Gasteiger partial charge in [0.1, 0.15) is 5.82 Å². The van der Waals surface area contributed by atoms with Crippen molar-refractivity contribution in [2.75, 3.05) is 13.1 Å². The van der Waals surface area contributed by atoms with Crippen molar-refractivity contribution in [1.29, 1.82) is 0 Å². The SMILES string of the molecule is CC(O)CN(CCC(=O)O)Cc1ccccc1F. The van der Waals surface area contributed by atoms with Crippen molar-refractivity contribution >= 4 is 5.97 Å². The fourth-order valence-electron chi connectivity index (χ4n) is 1.73. The van der Waals surface area contributed by atoms with Gasteiger partial charge < -0.3 is 10.2 Å². The summed E-state index contributed by atoms with van der Waals surface area (Å²) in [5, 5.41) is 18.0. The van der Waals surface area contributed by atoms with Crippen LogP contribution in [-0.2, 0) is 11.3 Å². The quantitative estimate of drug-likeness (QED) is 0.775. The number of halogens is 1. The number of aliphatic hydroxyl groups excluding tert-OH is 1. The van der Waals surface area contributed by atoms with Gasteiger partial charge in [0.15, 0.2) is 0 Å². The largest absolute Gasteiger partial charge is 0.481 e. The third kappa shape index (κ3) is 5.25. The van der Waals surface area contributed by atoms with Crippen LogP contribution in [0, 0.1) is 5.82 Å². The lowest BCUT2D eigenvalue weighted by atomic mass is 10.2. The second-order valence-electron chi connectivity index (χ2n) is 4.32. The molecule has 0 amide bonds. The minimum absolute atomic E-state index is 0.0266. The van der Waals surface area contributed by atoms with Gasteiger partial charge in [-0.25, -0.2) is 4.39 Å². The van der Waals surface area contributed by atoms with Crippen molar-refractivity contribution in [3.8, 4) is 0 Å². The van der Waals surface area contributed by atoms with Crippen LogP contribution in [0.3, 0.4) is 0 Å². The third-order valence-corrected chi connectivity index (χ3v) is 2.52. The van der Waals surface area contributed by atoms with Crippen LogP contribution in [0.4, 0.5) is 4.39 Å². The maximum Gasteiger partial charge on any atom is 0.304 e. The molecule has 1 aromatic rings. The van der Waals surface area contributed by atoms with Crippen molar-refractivity contribution in [1.82, 2.24) is 4.90 Å². The van der Waals surface area contributed by atoms with Crippen LogP contribution in [0.5, 0.6) is 0 Å². The Hall–Kier alpha value is -1.46. The molecule has 5 heteroatoms. The number of nitrogens with zero attached hydrogens (tertiary/aromatic N) is 1. The molecule has 0 aromatic heterocycles. The smallest absolute Gasteiger partial charge is 0.304 e. The normalized spacial score (nSPS) is 12.7. The molecule has 0 saturated carbocycles. The zero-order valence-electron chi connectivity index (χ0n) is 10.3. The van der Waals surface area contributed by atoms with E-state index in [1.165, 1.54) is 6.07 Å². The molecule has 0 radical (unpaired) electrons. The molecule has 1 atom stereocenters. The highest BCUT2D eigenvalue weighted by Gasteiger charge is 2.12. The van der Waals surface area contributed by atoms with Crippen molar-refractivity contribution in [3.63, 3.8) is 0 Å². The van der Waals surface area contributed by atoms with E-state index in [1.54, 1.807) is 30.0 Å². The summed E-state index contributed by atoms with van der Waals surface area (Å²) in [5.41, 5.74) is 0.503. The Balaban J connectivity index is 2.65. The van der Waals surface area contributed by atoms with Crippen LogP contribution < -0.4 is 0 Å². The topological polar surface area (TPSA) is 60.8 Å². The van der Waals surface area contributed by atoms with E-state index in [-0.39, 0.29) is 18.8 Å². The van der Waals surface area contributed by atoms with Crippen LogP contribution >= 0.6 is 0 Å². The van der Waals surface area contributed by atoms with Crippen molar-refractivity contribution in [2.24, 2.45) is 0 Å². The van der Waals surface area contributed by atoms with Crippen LogP contribution in [0.25, 0.3) is 0 Å². The van der Waals surface area contributed by atoms with E-state index in [1.807, 2.05) is 0 Å². The third-order valence-electron chi connectivity index (χ3n) is 2.52. The predicted molar refractivity (Wildman–Crippen MR) is 65.6 cm³/mol. The summed E-state index contributed by atoms with van der Waals surface area (Å²) in [7, 11) is 0. The highest BCUT2D eigenvalue weighted by Crippen LogP contribution is 2.10. The van der Waals surface area contributed by atoms with E-state index in [2.05, 4.69) is 0 Å². The first-order valence-electron chi connectivity index (χ1n) is 5.84. The standard InChI is InChI=1S/C13H18FNO3/c1-10(16)8-15(7-6-13(17)18)9-11-4-2-3-5-12(11)14/h2-5,10,16H,6-9H2,1H3,(H,17,18). The molecule has 1 rings (SSSR count). The van der Waals surface area contributed by atoms with Gasteiger partial charge in [-0.2, -0.15) is 0 Å². The lowest BCUT2D eigenvalue weighted by Gasteiger charge is -2.23. The first-order chi connectivity index (χ1) is 8.49. The molecule has 0 aliphatic carbocycles. The van der Waals surface area contributed by atoms with Crippen molar-refractivity contribution in [2.45, 2.75) is 26.0 Å². The minimum Gasteiger partial charge on any atom is -0.481 e. The number of carboxylic acids is 1. The molecule has 100 valence electrons. The number of rotatable bonds is 7. The molecule has 1 aromatic carbocycles. The van der Waals surface area contributed by atoms with Crippen LogP contribution in [0.2, 0.25) is 0 Å². The monoisotopic (exact) mass is 255 g/mol. The van der Waals surface area contributed by atoms with Gasteiger partial charge in [-0.05, 0) is 13.0 Å². The molecule has 1 unspecified atom stereocenters. The summed E-state index contributed by atoms with van der Waals surface area (Å²) < 4.78 is 13.5. The highest BCUT2D eigenvalue weighted by atomic mass is 19.1. The van der Waals surface area contributed by atoms with Gasteiger partial charge in [-0.3, -0.25) is 9.69 Å². The van der Waals surface area contributed by atoms with Crippen molar-refractivity contribution < 1.29 is 19.4 Å². The van der Waals surface area contributed by atoms with Gasteiger partial charge in [0.2, 0.25) is 0 Å². The van der Waals surface area contributed by atoms with Crippen LogP contribution in [0.15, 0.2) is 24.3 Å². The minimum atomic E-state index is -0.904. The predicted octanol–water partition coefficient (Wildman–Crippen LogP) is 1.48. The number of hydrogen-bond acceptors (Lipinski definition) is 3. The molecular formula is C13H18FNO3. The number of aliphatic carboxylic acids is 1. The maximum absolute atomic E-state index is 13.5. The van der Waals surface area contributed by atoms with Gasteiger partial charge in [0.05, 0.1) is 12.5 Å². The molecule has 4 nitrogen and oxygen atoms in total. The molecule has 2 N–H and O–H groups in total. The van der Waals surface area contributed by atoms with Gasteiger partial charge >= 0.3 is 5.97 Å². The second-order valence-corrected chi connectivity index (χ2v) is 4.32. The summed E-state index contributed by atoms with van der Waals surface area (Å²) in [6, 6.07) is 6.36. The Kier molecular flexibility index (Phi) is 5.74. The maximum atomic E-state index is 13.5. The number of aliphatic hydroxyl groups is 1. The molecule has 0 spiro atoms. The Labute approximate surface area is 106 Å². The fraction of sp³-hybridized carbons (Fsp3) is 0.462. The van der Waals surface area contributed by atoms with Gasteiger partial charge in [0, 0.05) is 25.2 Å². The van der Waals surface area contributed by atoms with E-state index in [0.717, 1.165) is 0 Å². The Morgan fingerprint density at radius 1 is 1.44 bits per heavy atom. The lowest BCUT2D eigenvalue weighted by molar-refractivity contribution is -0.137. The molecule has 0 aliphatic rings. The average Bonchev–Trinajstić information content (AvgIpc) is 2.28. The van der Waals surface area contributed by atoms with E-state index in [0.29, 0.717) is 18.7 Å². The highest BCUT2D eigenvalue weighted by molar-refractivity contribution is 5.66. The Morgan fingerprint density at radius 2 is 2.11 bits per heavy atom. The molecule has 0 fully saturated rings. The Bertz CT molecular complexity index is 396. The number of hydrogen-bond donors (Lipinski definition) is 2. The zero-order valence-corrected chi connectivity index (χ0v) is 10.3. The summed E-state index contributed by atoms with van der Waals surface area (Å²) in [4.78, 5) is 12.3. The number of benzene rings is 1. The van der Waals surface area contributed by atoms with Crippen LogP contribution in [0.1, 0.15) is 18.9 Å². The first kappa shape index (κ1) is 14.6. The summed E-state index contributed by atoms with van der Waals surface area (Å²) in [6.45, 7) is 2.52. The van der Waals surface area contributed by atoms with Crippen LogP contribution in [-0.4, -0.2) is 40.3 Å². The van der Waals surface area contributed by atoms with Gasteiger partial charge in [-0.1, -0.05) is 18.2 Å². The van der Waals surface area contributed by atoms with E-state index in [4.69, 9.17) is 5.11 Å². The molecule has 0 saturated heterocycles. The van der Waals surface area contributed by atoms with Gasteiger partial charge in [0.25, 0.3) is 0 Å². The molecule has 0 heterocycles. The van der Waals surface area contributed by atoms with Gasteiger partial charge in [-0.15, -0.1) is 0 Å². The lowest BCUT2D eigenvalue weighted by Crippen LogP contribution is -2.32. The molecule has 0 aliphatic heterocycles. The Morgan fingerprint density at radius 3 is 2.67 bits per heavy atom. The van der Waals surface area contributed by atoms with E-state index in [9.17, 15) is 14.3 Å². The zero-order chi connectivity index (χ0) is 13.5. The molecule has 0 bridgehead atoms.